The van der Waals surface area contributed by atoms with E-state index in [1.165, 1.54) is 0 Å². The van der Waals surface area contributed by atoms with E-state index in [2.05, 4.69) is 80.3 Å². The first-order valence-corrected chi connectivity index (χ1v) is 16.1. The first-order chi connectivity index (χ1) is 8.44. The van der Waals surface area contributed by atoms with Crippen LogP contribution in [0.3, 0.4) is 0 Å². The van der Waals surface area contributed by atoms with Crippen LogP contribution in [0.5, 0.6) is 0 Å². The van der Waals surface area contributed by atoms with Gasteiger partial charge >= 0.3 is 0 Å². The maximum atomic E-state index is 6.49. The van der Waals surface area contributed by atoms with Gasteiger partial charge in [-0.3, -0.25) is 0 Å². The van der Waals surface area contributed by atoms with Crippen molar-refractivity contribution in [3.63, 3.8) is 0 Å². The lowest BCUT2D eigenvalue weighted by Crippen LogP contribution is -2.66. The van der Waals surface area contributed by atoms with Crippen molar-refractivity contribution in [3.8, 4) is 0 Å². The molecule has 0 aliphatic heterocycles. The number of hydrogen-bond acceptors (Lipinski definition) is 2. The molecule has 1 atom stereocenters. The minimum atomic E-state index is -1.62. The average Bonchev–Trinajstić information content (AvgIpc) is 2.34. The molecule has 0 aliphatic rings. The second kappa shape index (κ2) is 6.49. The van der Waals surface area contributed by atoms with Gasteiger partial charge in [-0.15, -0.1) is 25.4 Å². The Kier molecular flexibility index (Phi) is 6.42. The minimum Gasteiger partial charge on any atom is -0.338 e. The Morgan fingerprint density at radius 2 is 1.26 bits per heavy atom. The monoisotopic (exact) mass is 312 g/mol. The fourth-order valence-corrected chi connectivity index (χ4v) is 11.6. The van der Waals surface area contributed by atoms with Crippen LogP contribution in [0.1, 0.15) is 0 Å². The number of nitrogens with zero attached hydrogens (tertiary/aromatic N) is 1. The van der Waals surface area contributed by atoms with Crippen LogP contribution in [0.2, 0.25) is 39.3 Å². The predicted molar refractivity (Wildman–Crippen MR) is 97.7 cm³/mol. The van der Waals surface area contributed by atoms with Crippen molar-refractivity contribution in [2.24, 2.45) is 5.73 Å². The van der Waals surface area contributed by atoms with Gasteiger partial charge in [-0.25, -0.2) is 0 Å². The van der Waals surface area contributed by atoms with Crippen molar-refractivity contribution >= 4 is 24.5 Å². The molecule has 0 rings (SSSR count). The summed E-state index contributed by atoms with van der Waals surface area (Å²) in [5.41, 5.74) is 13.1. The van der Waals surface area contributed by atoms with Crippen LogP contribution < -0.4 is 5.73 Å². The molecule has 0 fully saturated rings. The largest absolute Gasteiger partial charge is 0.338 e. The van der Waals surface area contributed by atoms with Gasteiger partial charge in [-0.05, 0) is 6.54 Å². The van der Waals surface area contributed by atoms with Crippen LogP contribution in [-0.2, 0) is 0 Å². The van der Waals surface area contributed by atoms with Crippen molar-refractivity contribution in [3.05, 3.63) is 36.8 Å². The highest BCUT2D eigenvalue weighted by atomic mass is 28.4. The highest BCUT2D eigenvalue weighted by Crippen LogP contribution is 2.23. The van der Waals surface area contributed by atoms with Gasteiger partial charge in [-0.1, -0.05) is 50.7 Å². The Bertz CT molecular complexity index is 329. The van der Waals surface area contributed by atoms with Crippen LogP contribution in [0.15, 0.2) is 36.8 Å². The lowest BCUT2D eigenvalue weighted by Gasteiger charge is -2.46. The fraction of sp³-hybridized carbons (Fsp3) is 0.571. The summed E-state index contributed by atoms with van der Waals surface area (Å²) in [6.07, 6.45) is 0. The maximum Gasteiger partial charge on any atom is 0.139 e. The molecule has 0 heterocycles. The fourth-order valence-electron chi connectivity index (χ4n) is 2.02. The molecule has 0 aromatic rings. The third-order valence-corrected chi connectivity index (χ3v) is 16.0. The number of hydrogen-bond donors (Lipinski definition) is 1. The van der Waals surface area contributed by atoms with E-state index in [0.29, 0.717) is 0 Å². The second-order valence-electron chi connectivity index (χ2n) is 6.96. The molecule has 19 heavy (non-hydrogen) atoms. The van der Waals surface area contributed by atoms with Crippen LogP contribution in [0.25, 0.3) is 0 Å². The molecule has 0 spiro atoms. The molecular weight excluding hydrogens is 280 g/mol. The molecule has 2 nitrogen and oxygen atoms in total. The summed E-state index contributed by atoms with van der Waals surface area (Å²) in [7, 11) is -4.79. The zero-order valence-corrected chi connectivity index (χ0v) is 16.7. The number of rotatable bonds is 8. The van der Waals surface area contributed by atoms with Crippen LogP contribution >= 0.6 is 0 Å². The van der Waals surface area contributed by atoms with Crippen molar-refractivity contribution in [2.75, 3.05) is 6.54 Å². The van der Waals surface area contributed by atoms with Gasteiger partial charge in [0.15, 0.2) is 0 Å². The molecule has 0 aliphatic carbocycles. The third-order valence-electron chi connectivity index (χ3n) is 4.25. The summed E-state index contributed by atoms with van der Waals surface area (Å²) in [5, 5.41) is 0. The zero-order valence-electron chi connectivity index (χ0n) is 13.7. The van der Waals surface area contributed by atoms with Crippen LogP contribution in [-0.4, -0.2) is 41.0 Å². The van der Waals surface area contributed by atoms with Crippen molar-refractivity contribution in [2.45, 2.75) is 44.9 Å². The zero-order chi connectivity index (χ0) is 15.5. The Morgan fingerprint density at radius 3 is 1.53 bits per heavy atom. The molecule has 110 valence electrons. The van der Waals surface area contributed by atoms with E-state index in [0.717, 1.165) is 6.54 Å². The van der Waals surface area contributed by atoms with Gasteiger partial charge in [0.05, 0.1) is 8.07 Å². The molecule has 2 N–H and O–H groups in total. The van der Waals surface area contributed by atoms with Crippen LogP contribution in [0.4, 0.5) is 0 Å². The molecule has 0 bridgehead atoms. The molecule has 0 aromatic carbocycles. The topological polar surface area (TPSA) is 29.3 Å². The van der Waals surface area contributed by atoms with Gasteiger partial charge < -0.3 is 9.96 Å². The van der Waals surface area contributed by atoms with Gasteiger partial charge in [0, 0.05) is 5.67 Å². The highest BCUT2D eigenvalue weighted by molar-refractivity contribution is 6.95. The number of nitrogens with two attached hydrogens (primary N) is 1. The molecule has 0 amide bonds. The van der Waals surface area contributed by atoms with Gasteiger partial charge in [0.25, 0.3) is 0 Å². The Balaban J connectivity index is 5.37. The lowest BCUT2D eigenvalue weighted by atomic mass is 10.7. The van der Waals surface area contributed by atoms with Gasteiger partial charge in [-0.2, -0.15) is 0 Å². The van der Waals surface area contributed by atoms with E-state index in [4.69, 9.17) is 5.73 Å². The summed E-state index contributed by atoms with van der Waals surface area (Å²) in [5.74, 6) is 0. The van der Waals surface area contributed by atoms with E-state index in [1.807, 2.05) is 0 Å². The predicted octanol–water partition coefficient (Wildman–Crippen LogP) is 3.45. The molecule has 5 heteroatoms. The van der Waals surface area contributed by atoms with Gasteiger partial charge in [0.2, 0.25) is 0 Å². The lowest BCUT2D eigenvalue weighted by molar-refractivity contribution is 0.594. The third kappa shape index (κ3) is 4.68. The van der Waals surface area contributed by atoms with Crippen molar-refractivity contribution < 1.29 is 0 Å². The molecule has 0 radical (unpaired) electrons. The highest BCUT2D eigenvalue weighted by Gasteiger charge is 2.40. The van der Waals surface area contributed by atoms with Crippen molar-refractivity contribution in [1.82, 2.24) is 4.23 Å². The summed E-state index contributed by atoms with van der Waals surface area (Å²) in [6.45, 7) is 26.9. The van der Waals surface area contributed by atoms with Crippen LogP contribution in [0, 0.1) is 0 Å². The molecule has 0 saturated heterocycles. The second-order valence-corrected chi connectivity index (χ2v) is 20.7. The van der Waals surface area contributed by atoms with E-state index >= 15 is 0 Å². The molecule has 0 aromatic heterocycles. The van der Waals surface area contributed by atoms with E-state index in [1.54, 1.807) is 0 Å². The smallest absolute Gasteiger partial charge is 0.139 e. The first kappa shape index (κ1) is 18.8. The normalized spacial score (nSPS) is 15.2. The van der Waals surface area contributed by atoms with E-state index in [-0.39, 0.29) is 5.67 Å². The Labute approximate surface area is 123 Å². The van der Waals surface area contributed by atoms with Gasteiger partial charge in [0.1, 0.15) is 16.5 Å². The quantitative estimate of drug-likeness (QED) is 0.696. The minimum absolute atomic E-state index is 0.212. The summed E-state index contributed by atoms with van der Waals surface area (Å²) in [4.78, 5) is 0. The van der Waals surface area contributed by atoms with E-state index in [9.17, 15) is 0 Å². The van der Waals surface area contributed by atoms with E-state index < -0.39 is 24.5 Å². The molecule has 0 saturated carbocycles. The molecular formula is C14H32N2Si3. The maximum absolute atomic E-state index is 6.49. The summed E-state index contributed by atoms with van der Waals surface area (Å²) in [6, 6.07) is 0. The first-order valence-electron chi connectivity index (χ1n) is 6.88. The molecule has 1 unspecified atom stereocenters. The SMILES string of the molecule is C=C[Si](C)(C)C(N)CN([Si](C)(C)C=C)[Si](C)(C)C=C. The Hall–Kier alpha value is -0.209. The summed E-state index contributed by atoms with van der Waals surface area (Å²) < 4.78 is 2.66. The standard InChI is InChI=1S/C14H32N2Si3/c1-10-17(4,5)14(15)13-16(18(6,7)11-2)19(8,9)12-3/h10-12,14H,1-3,13,15H2,4-9H3. The average molecular weight is 313 g/mol. The van der Waals surface area contributed by atoms with Crippen molar-refractivity contribution in [1.29, 1.82) is 0 Å². The Morgan fingerprint density at radius 1 is 0.895 bits per heavy atom. The summed E-state index contributed by atoms with van der Waals surface area (Å²) >= 11 is 0.